The molecule has 0 amide bonds. The Hall–Kier alpha value is -0.830. The number of allylic oxidation sites excluding steroid dienone is 1. The zero-order valence-electron chi connectivity index (χ0n) is 21.2. The lowest BCUT2D eigenvalue weighted by molar-refractivity contribution is -0.349. The van der Waals surface area contributed by atoms with Gasteiger partial charge in [-0.2, -0.15) is 0 Å². The Morgan fingerprint density at radius 2 is 1.71 bits per heavy atom. The van der Waals surface area contributed by atoms with E-state index in [1.54, 1.807) is 26.8 Å². The molecule has 3 aliphatic carbocycles. The molecule has 7 nitrogen and oxygen atoms in total. The number of aliphatic hydroxyl groups is 5. The summed E-state index contributed by atoms with van der Waals surface area (Å²) in [6, 6.07) is 0. The first-order valence-corrected chi connectivity index (χ1v) is 13.0. The highest BCUT2D eigenvalue weighted by molar-refractivity contribution is 5.96. The number of carbonyl (C=O) groups is 1. The van der Waals surface area contributed by atoms with E-state index < -0.39 is 51.5 Å². The van der Waals surface area contributed by atoms with Crippen LogP contribution in [0.15, 0.2) is 11.6 Å². The second-order valence-corrected chi connectivity index (χ2v) is 13.4. The summed E-state index contributed by atoms with van der Waals surface area (Å²) in [7, 11) is 0. The fraction of sp³-hybridized carbons (Fsp3) is 0.889. The molecule has 10 atom stereocenters. The molecule has 0 aromatic heterocycles. The lowest BCUT2D eigenvalue weighted by atomic mass is 9.40. The first-order chi connectivity index (χ1) is 15.5. The molecule has 5 aliphatic rings. The van der Waals surface area contributed by atoms with Crippen LogP contribution >= 0.6 is 0 Å². The molecule has 7 heteroatoms. The standard InChI is InChI=1S/C27H42O7/c1-22(2,32)8-7-21(31)25(5,33)19-6-9-26-20-13-16(28)15-12-17(29)18(30)14-24(15,4)27(20,34-26)11-10-23(19,26)3/h13,15,17-19,21,29-33H,6-12,14H2,1-5H3/t15-,17+,18-,19-,21+,23+,24-,25+,26+,27-/m0/s1. The Morgan fingerprint density at radius 1 is 1.06 bits per heavy atom. The third kappa shape index (κ3) is 2.88. The number of hydrogen-bond acceptors (Lipinski definition) is 7. The van der Waals surface area contributed by atoms with Crippen LogP contribution in [0.2, 0.25) is 0 Å². The van der Waals surface area contributed by atoms with Crippen LogP contribution in [0.3, 0.4) is 0 Å². The van der Waals surface area contributed by atoms with Gasteiger partial charge < -0.3 is 30.3 Å². The predicted molar refractivity (Wildman–Crippen MR) is 125 cm³/mol. The van der Waals surface area contributed by atoms with Crippen molar-refractivity contribution in [1.82, 2.24) is 0 Å². The largest absolute Gasteiger partial charge is 0.390 e. The van der Waals surface area contributed by atoms with Gasteiger partial charge >= 0.3 is 0 Å². The number of carbonyl (C=O) groups excluding carboxylic acids is 1. The van der Waals surface area contributed by atoms with Gasteiger partial charge in [0.15, 0.2) is 5.78 Å². The number of rotatable bonds is 5. The van der Waals surface area contributed by atoms with Crippen molar-refractivity contribution in [3.8, 4) is 0 Å². The van der Waals surface area contributed by atoms with Gasteiger partial charge in [-0.25, -0.2) is 0 Å². The normalized spacial score (nSPS) is 50.3. The van der Waals surface area contributed by atoms with Crippen LogP contribution in [0.4, 0.5) is 0 Å². The molecule has 0 unspecified atom stereocenters. The van der Waals surface area contributed by atoms with Crippen molar-refractivity contribution in [2.45, 2.75) is 127 Å². The number of hydrogen-bond donors (Lipinski definition) is 5. The quantitative estimate of drug-likeness (QED) is 0.409. The van der Waals surface area contributed by atoms with Crippen LogP contribution < -0.4 is 0 Å². The highest BCUT2D eigenvalue weighted by Gasteiger charge is 2.82. The lowest BCUT2D eigenvalue weighted by Gasteiger charge is -2.76. The number of ketones is 1. The molecular weight excluding hydrogens is 436 g/mol. The smallest absolute Gasteiger partial charge is 0.159 e. The van der Waals surface area contributed by atoms with E-state index in [9.17, 15) is 30.3 Å². The van der Waals surface area contributed by atoms with E-state index >= 15 is 0 Å². The molecular formula is C27H42O7. The van der Waals surface area contributed by atoms with Crippen LogP contribution in [0.25, 0.3) is 0 Å². The van der Waals surface area contributed by atoms with Crippen LogP contribution in [0.5, 0.6) is 0 Å². The monoisotopic (exact) mass is 478 g/mol. The SMILES string of the molecule is CC(C)(O)CC[C@@H](O)[C@](C)(O)[C@H]1CC[C@]23O[C@@]4(CC[C@]12C)C3=CC(=O)[C@@H]1C[C@@H](O)[C@@H](O)C[C@@]14C. The summed E-state index contributed by atoms with van der Waals surface area (Å²) < 4.78 is 6.96. The predicted octanol–water partition coefficient (Wildman–Crippen LogP) is 2.01. The van der Waals surface area contributed by atoms with Gasteiger partial charge in [0, 0.05) is 16.7 Å². The van der Waals surface area contributed by atoms with E-state index in [2.05, 4.69) is 6.92 Å². The molecule has 2 saturated carbocycles. The number of aliphatic hydroxyl groups excluding tert-OH is 3. The second kappa shape index (κ2) is 7.14. The minimum atomic E-state index is -1.36. The van der Waals surface area contributed by atoms with Gasteiger partial charge in [-0.1, -0.05) is 13.8 Å². The van der Waals surface area contributed by atoms with Crippen LogP contribution in [-0.4, -0.2) is 72.0 Å². The van der Waals surface area contributed by atoms with Gasteiger partial charge in [0.05, 0.1) is 40.7 Å². The van der Waals surface area contributed by atoms with Gasteiger partial charge in [0.25, 0.3) is 0 Å². The maximum Gasteiger partial charge on any atom is 0.159 e. The summed E-state index contributed by atoms with van der Waals surface area (Å²) in [5.41, 5.74) is -3.57. The molecule has 2 aliphatic heterocycles. The maximum atomic E-state index is 13.3. The zero-order valence-corrected chi connectivity index (χ0v) is 21.2. The molecule has 34 heavy (non-hydrogen) atoms. The Balaban J connectivity index is 1.48. The fourth-order valence-corrected chi connectivity index (χ4v) is 8.91. The van der Waals surface area contributed by atoms with E-state index in [4.69, 9.17) is 4.74 Å². The van der Waals surface area contributed by atoms with Crippen molar-refractivity contribution in [1.29, 1.82) is 0 Å². The minimum absolute atomic E-state index is 0.00595. The molecule has 192 valence electrons. The first-order valence-electron chi connectivity index (χ1n) is 13.0. The van der Waals surface area contributed by atoms with E-state index in [0.717, 1.165) is 12.0 Å². The lowest BCUT2D eigenvalue weighted by Crippen LogP contribution is -2.80. The molecule has 0 aromatic rings. The van der Waals surface area contributed by atoms with Crippen LogP contribution in [-0.2, 0) is 9.53 Å². The summed E-state index contributed by atoms with van der Waals surface area (Å²) in [5, 5.41) is 53.5. The van der Waals surface area contributed by atoms with Crippen molar-refractivity contribution in [3.63, 3.8) is 0 Å². The molecule has 2 saturated heterocycles. The van der Waals surface area contributed by atoms with Crippen LogP contribution in [0.1, 0.15) is 86.0 Å². The average molecular weight is 479 g/mol. The third-order valence-electron chi connectivity index (χ3n) is 11.0. The Morgan fingerprint density at radius 3 is 2.35 bits per heavy atom. The Labute approximate surface area is 202 Å². The van der Waals surface area contributed by atoms with Crippen molar-refractivity contribution < 1.29 is 35.1 Å². The minimum Gasteiger partial charge on any atom is -0.390 e. The molecule has 2 bridgehead atoms. The van der Waals surface area contributed by atoms with Crippen molar-refractivity contribution in [3.05, 3.63) is 11.6 Å². The summed E-state index contributed by atoms with van der Waals surface area (Å²) in [5.74, 6) is -0.595. The van der Waals surface area contributed by atoms with Crippen molar-refractivity contribution in [2.24, 2.45) is 22.7 Å². The Kier molecular flexibility index (Phi) is 5.22. The molecule has 2 heterocycles. The summed E-state index contributed by atoms with van der Waals surface area (Å²) in [4.78, 5) is 13.3. The van der Waals surface area contributed by atoms with Gasteiger partial charge in [-0.15, -0.1) is 0 Å². The summed E-state index contributed by atoms with van der Waals surface area (Å²) in [6.45, 7) is 9.27. The second-order valence-electron chi connectivity index (χ2n) is 13.4. The van der Waals surface area contributed by atoms with Gasteiger partial charge in [-0.3, -0.25) is 4.79 Å². The molecule has 5 N–H and O–H groups in total. The highest BCUT2D eigenvalue weighted by Crippen LogP contribution is 2.79. The van der Waals surface area contributed by atoms with Crippen LogP contribution in [0, 0.1) is 22.7 Å². The van der Waals surface area contributed by atoms with E-state index in [-0.39, 0.29) is 24.0 Å². The Bertz CT molecular complexity index is 920. The summed E-state index contributed by atoms with van der Waals surface area (Å²) in [6.07, 6.45) is 3.08. The van der Waals surface area contributed by atoms with E-state index in [1.165, 1.54) is 0 Å². The summed E-state index contributed by atoms with van der Waals surface area (Å²) >= 11 is 0. The van der Waals surface area contributed by atoms with E-state index in [1.807, 2.05) is 6.92 Å². The molecule has 0 aromatic carbocycles. The van der Waals surface area contributed by atoms with Gasteiger partial charge in [-0.05, 0) is 89.7 Å². The van der Waals surface area contributed by atoms with Crippen molar-refractivity contribution in [2.75, 3.05) is 0 Å². The highest BCUT2D eigenvalue weighted by atomic mass is 16.6. The molecule has 4 fully saturated rings. The first kappa shape index (κ1) is 24.8. The number of fused-ring (bicyclic) bond motifs is 1. The molecule has 5 rings (SSSR count). The van der Waals surface area contributed by atoms with Crippen molar-refractivity contribution >= 4 is 5.78 Å². The van der Waals surface area contributed by atoms with Gasteiger partial charge in [0.1, 0.15) is 0 Å². The topological polar surface area (TPSA) is 127 Å². The average Bonchev–Trinajstić information content (AvgIpc) is 3.07. The van der Waals surface area contributed by atoms with Gasteiger partial charge in [0.2, 0.25) is 0 Å². The molecule has 0 radical (unpaired) electrons. The maximum absolute atomic E-state index is 13.3. The number of ether oxygens (including phenoxy) is 1. The third-order valence-corrected chi connectivity index (χ3v) is 11.0. The fourth-order valence-electron chi connectivity index (χ4n) is 8.91. The molecule has 2 spiro atoms. The van der Waals surface area contributed by atoms with E-state index in [0.29, 0.717) is 38.5 Å². The zero-order chi connectivity index (χ0) is 25.1.